The van der Waals surface area contributed by atoms with Crippen molar-refractivity contribution in [2.45, 2.75) is 26.2 Å². The molecule has 16 heavy (non-hydrogen) atoms. The minimum atomic E-state index is -0.792. The molecule has 0 heterocycles. The lowest BCUT2D eigenvalue weighted by Crippen LogP contribution is -2.01. The SMILES string of the molecule is CCc1cc(Br)c(OC)c(CCC(=O)O)c1. The van der Waals surface area contributed by atoms with Gasteiger partial charge >= 0.3 is 5.97 Å². The number of aryl methyl sites for hydroxylation is 2. The molecule has 0 aliphatic heterocycles. The highest BCUT2D eigenvalue weighted by molar-refractivity contribution is 9.10. The lowest BCUT2D eigenvalue weighted by molar-refractivity contribution is -0.136. The summed E-state index contributed by atoms with van der Waals surface area (Å²) in [6.45, 7) is 2.06. The summed E-state index contributed by atoms with van der Waals surface area (Å²) in [6, 6.07) is 4.01. The Morgan fingerprint density at radius 3 is 2.69 bits per heavy atom. The Balaban J connectivity index is 3.02. The molecule has 0 aliphatic rings. The molecular weight excluding hydrogens is 272 g/mol. The van der Waals surface area contributed by atoms with Crippen molar-refractivity contribution in [3.05, 3.63) is 27.7 Å². The van der Waals surface area contributed by atoms with E-state index in [4.69, 9.17) is 9.84 Å². The molecule has 0 unspecified atom stereocenters. The van der Waals surface area contributed by atoms with Gasteiger partial charge in [-0.3, -0.25) is 4.79 Å². The van der Waals surface area contributed by atoms with Crippen molar-refractivity contribution in [3.63, 3.8) is 0 Å². The smallest absolute Gasteiger partial charge is 0.303 e. The van der Waals surface area contributed by atoms with Gasteiger partial charge in [-0.15, -0.1) is 0 Å². The van der Waals surface area contributed by atoms with E-state index in [1.54, 1.807) is 7.11 Å². The quantitative estimate of drug-likeness (QED) is 0.905. The molecule has 0 atom stereocenters. The molecular formula is C12H15BrO3. The summed E-state index contributed by atoms with van der Waals surface area (Å²) in [7, 11) is 1.59. The fraction of sp³-hybridized carbons (Fsp3) is 0.417. The second-order valence-electron chi connectivity index (χ2n) is 3.52. The largest absolute Gasteiger partial charge is 0.495 e. The number of benzene rings is 1. The number of hydrogen-bond donors (Lipinski definition) is 1. The van der Waals surface area contributed by atoms with Gasteiger partial charge < -0.3 is 9.84 Å². The van der Waals surface area contributed by atoms with Crippen molar-refractivity contribution < 1.29 is 14.6 Å². The number of aliphatic carboxylic acids is 1. The molecule has 0 fully saturated rings. The molecule has 1 N–H and O–H groups in total. The molecule has 1 rings (SSSR count). The van der Waals surface area contributed by atoms with Crippen molar-refractivity contribution in [1.82, 2.24) is 0 Å². The van der Waals surface area contributed by atoms with E-state index >= 15 is 0 Å². The molecule has 0 saturated heterocycles. The lowest BCUT2D eigenvalue weighted by atomic mass is 10.0. The highest BCUT2D eigenvalue weighted by Crippen LogP contribution is 2.31. The minimum absolute atomic E-state index is 0.121. The number of rotatable bonds is 5. The van der Waals surface area contributed by atoms with E-state index in [2.05, 4.69) is 22.9 Å². The minimum Gasteiger partial charge on any atom is -0.495 e. The number of carboxylic acid groups (broad SMARTS) is 1. The van der Waals surface area contributed by atoms with Gasteiger partial charge in [-0.25, -0.2) is 0 Å². The zero-order chi connectivity index (χ0) is 12.1. The van der Waals surface area contributed by atoms with E-state index in [9.17, 15) is 4.79 Å². The Morgan fingerprint density at radius 1 is 1.50 bits per heavy atom. The van der Waals surface area contributed by atoms with Crippen molar-refractivity contribution >= 4 is 21.9 Å². The summed E-state index contributed by atoms with van der Waals surface area (Å²) in [6.07, 6.45) is 1.53. The molecule has 1 aromatic carbocycles. The van der Waals surface area contributed by atoms with Gasteiger partial charge in [-0.1, -0.05) is 13.0 Å². The normalized spacial score (nSPS) is 10.2. The van der Waals surface area contributed by atoms with Crippen molar-refractivity contribution in [2.24, 2.45) is 0 Å². The summed E-state index contributed by atoms with van der Waals surface area (Å²) in [4.78, 5) is 10.6. The van der Waals surface area contributed by atoms with Crippen LogP contribution in [0, 0.1) is 0 Å². The van der Waals surface area contributed by atoms with Crippen molar-refractivity contribution in [2.75, 3.05) is 7.11 Å². The topological polar surface area (TPSA) is 46.5 Å². The molecule has 0 radical (unpaired) electrons. The van der Waals surface area contributed by atoms with Crippen LogP contribution in [0.1, 0.15) is 24.5 Å². The number of carboxylic acids is 1. The third-order valence-corrected chi connectivity index (χ3v) is 2.99. The summed E-state index contributed by atoms with van der Waals surface area (Å²) in [5, 5.41) is 8.68. The molecule has 3 nitrogen and oxygen atoms in total. The maximum atomic E-state index is 10.6. The van der Waals surface area contributed by atoms with Crippen molar-refractivity contribution in [1.29, 1.82) is 0 Å². The predicted octanol–water partition coefficient (Wildman–Crippen LogP) is 3.04. The van der Waals surface area contributed by atoms with E-state index in [1.807, 2.05) is 12.1 Å². The fourth-order valence-electron chi connectivity index (χ4n) is 1.57. The van der Waals surface area contributed by atoms with Gasteiger partial charge in [0, 0.05) is 6.42 Å². The zero-order valence-electron chi connectivity index (χ0n) is 9.42. The Labute approximate surface area is 104 Å². The predicted molar refractivity (Wildman–Crippen MR) is 66.0 cm³/mol. The Hall–Kier alpha value is -1.03. The van der Waals surface area contributed by atoms with E-state index in [1.165, 1.54) is 5.56 Å². The van der Waals surface area contributed by atoms with Gasteiger partial charge in [-0.05, 0) is 46.0 Å². The first-order chi connectivity index (χ1) is 7.58. The molecule has 0 spiro atoms. The third kappa shape index (κ3) is 3.23. The second-order valence-corrected chi connectivity index (χ2v) is 4.37. The number of methoxy groups -OCH3 is 1. The molecule has 0 amide bonds. The van der Waals surface area contributed by atoms with Gasteiger partial charge in [0.15, 0.2) is 0 Å². The first-order valence-electron chi connectivity index (χ1n) is 5.15. The van der Waals surface area contributed by atoms with E-state index in [0.717, 1.165) is 22.2 Å². The van der Waals surface area contributed by atoms with Crippen molar-refractivity contribution in [3.8, 4) is 5.75 Å². The zero-order valence-corrected chi connectivity index (χ0v) is 11.0. The maximum Gasteiger partial charge on any atom is 0.303 e. The fourth-order valence-corrected chi connectivity index (χ4v) is 2.28. The Morgan fingerprint density at radius 2 is 2.19 bits per heavy atom. The number of carbonyl (C=O) groups is 1. The summed E-state index contributed by atoms with van der Waals surface area (Å²) >= 11 is 3.43. The Bertz CT molecular complexity index is 388. The van der Waals surface area contributed by atoms with Crippen LogP contribution < -0.4 is 4.74 Å². The van der Waals surface area contributed by atoms with Crippen LogP contribution in [0.4, 0.5) is 0 Å². The van der Waals surface area contributed by atoms with Gasteiger partial charge in [0.1, 0.15) is 5.75 Å². The third-order valence-electron chi connectivity index (χ3n) is 2.40. The number of hydrogen-bond acceptors (Lipinski definition) is 2. The molecule has 0 bridgehead atoms. The van der Waals surface area contributed by atoms with E-state index in [-0.39, 0.29) is 6.42 Å². The first-order valence-corrected chi connectivity index (χ1v) is 5.94. The van der Waals surface area contributed by atoms with E-state index < -0.39 is 5.97 Å². The standard InChI is InChI=1S/C12H15BrO3/c1-3-8-6-9(4-5-11(14)15)12(16-2)10(13)7-8/h6-7H,3-5H2,1-2H3,(H,14,15). The van der Waals surface area contributed by atoms with Gasteiger partial charge in [0.05, 0.1) is 11.6 Å². The maximum absolute atomic E-state index is 10.6. The van der Waals surface area contributed by atoms with Crippen LogP contribution in [-0.2, 0) is 17.6 Å². The van der Waals surface area contributed by atoms with Gasteiger partial charge in [-0.2, -0.15) is 0 Å². The van der Waals surface area contributed by atoms with Crippen LogP contribution in [0.5, 0.6) is 5.75 Å². The Kier molecular flexibility index (Phi) is 4.80. The molecule has 0 aromatic heterocycles. The lowest BCUT2D eigenvalue weighted by Gasteiger charge is -2.11. The summed E-state index contributed by atoms with van der Waals surface area (Å²) < 4.78 is 6.15. The highest BCUT2D eigenvalue weighted by atomic mass is 79.9. The van der Waals surface area contributed by atoms with Crippen LogP contribution in [0.3, 0.4) is 0 Å². The van der Waals surface area contributed by atoms with E-state index in [0.29, 0.717) is 6.42 Å². The molecule has 88 valence electrons. The number of halogens is 1. The van der Waals surface area contributed by atoms with Crippen LogP contribution >= 0.6 is 15.9 Å². The van der Waals surface area contributed by atoms with Gasteiger partial charge in [0.2, 0.25) is 0 Å². The first kappa shape index (κ1) is 13.0. The van der Waals surface area contributed by atoms with Crippen LogP contribution in [0.25, 0.3) is 0 Å². The highest BCUT2D eigenvalue weighted by Gasteiger charge is 2.10. The monoisotopic (exact) mass is 286 g/mol. The molecule has 4 heteroatoms. The molecule has 1 aromatic rings. The van der Waals surface area contributed by atoms with Crippen LogP contribution in [0.15, 0.2) is 16.6 Å². The van der Waals surface area contributed by atoms with Gasteiger partial charge in [0.25, 0.3) is 0 Å². The molecule has 0 aliphatic carbocycles. The average Bonchev–Trinajstić information content (AvgIpc) is 2.25. The van der Waals surface area contributed by atoms with Crippen LogP contribution in [0.2, 0.25) is 0 Å². The molecule has 0 saturated carbocycles. The van der Waals surface area contributed by atoms with Crippen LogP contribution in [-0.4, -0.2) is 18.2 Å². The summed E-state index contributed by atoms with van der Waals surface area (Å²) in [5.74, 6) is -0.0569. The second kappa shape index (κ2) is 5.89. The summed E-state index contributed by atoms with van der Waals surface area (Å²) in [5.41, 5.74) is 2.11. The average molecular weight is 287 g/mol. The number of ether oxygens (including phenoxy) is 1.